The van der Waals surface area contributed by atoms with E-state index in [2.05, 4.69) is 4.99 Å². The van der Waals surface area contributed by atoms with Gasteiger partial charge in [0.05, 0.1) is 0 Å². The first kappa shape index (κ1) is 7.61. The van der Waals surface area contributed by atoms with E-state index < -0.39 is 0 Å². The van der Waals surface area contributed by atoms with Crippen molar-refractivity contribution in [1.29, 1.82) is 5.41 Å². The van der Waals surface area contributed by atoms with Crippen LogP contribution in [0.1, 0.15) is 0 Å². The molecule has 0 spiro atoms. The number of nitrogens with one attached hydrogen (secondary N) is 1. The van der Waals surface area contributed by atoms with Gasteiger partial charge < -0.3 is 5.73 Å². The van der Waals surface area contributed by atoms with Gasteiger partial charge in [0.15, 0.2) is 0 Å². The summed E-state index contributed by atoms with van der Waals surface area (Å²) in [6, 6.07) is 0. The van der Waals surface area contributed by atoms with Gasteiger partial charge in [-0.2, -0.15) is 0 Å². The summed E-state index contributed by atoms with van der Waals surface area (Å²) in [4.78, 5) is 3.46. The number of aliphatic imine (C=N–C) groups is 1. The largest absolute Gasteiger partial charge is 0.384 e. The van der Waals surface area contributed by atoms with Crippen LogP contribution in [0.15, 0.2) is 15.2 Å². The average molecular weight is 223 g/mol. The lowest BCUT2D eigenvalue weighted by atomic mass is 10.6. The van der Waals surface area contributed by atoms with E-state index in [1.807, 2.05) is 22.6 Å². The molecule has 0 aliphatic rings. The molecule has 0 amide bonds. The summed E-state index contributed by atoms with van der Waals surface area (Å²) >= 11 is 2.03. The van der Waals surface area contributed by atoms with E-state index in [1.165, 1.54) is 0 Å². The molecule has 0 aromatic rings. The Morgan fingerprint density at radius 3 is 2.75 bits per heavy atom. The van der Waals surface area contributed by atoms with Gasteiger partial charge in [-0.1, -0.05) is 22.6 Å². The first-order chi connectivity index (χ1) is 3.81. The van der Waals surface area contributed by atoms with Crippen molar-refractivity contribution in [3.05, 3.63) is 10.2 Å². The van der Waals surface area contributed by atoms with E-state index in [9.17, 15) is 0 Å². The summed E-state index contributed by atoms with van der Waals surface area (Å²) in [6.45, 7) is 0. The van der Waals surface area contributed by atoms with Crippen molar-refractivity contribution >= 4 is 34.8 Å². The Balaban J connectivity index is 3.79. The minimum absolute atomic E-state index is 0.356. The van der Waals surface area contributed by atoms with Gasteiger partial charge in [-0.25, -0.2) is 4.99 Å². The van der Waals surface area contributed by atoms with Crippen LogP contribution in [0.3, 0.4) is 0 Å². The lowest BCUT2D eigenvalue weighted by molar-refractivity contribution is 1.50. The summed E-state index contributed by atoms with van der Waals surface area (Å²) in [5, 5.41) is 6.48. The zero-order chi connectivity index (χ0) is 6.41. The Morgan fingerprint density at radius 2 is 2.38 bits per heavy atom. The summed E-state index contributed by atoms with van der Waals surface area (Å²) in [5.74, 6) is 0.356. The zero-order valence-electron chi connectivity index (χ0n) is 4.13. The van der Waals surface area contributed by atoms with Crippen molar-refractivity contribution in [2.75, 3.05) is 0 Å². The number of rotatable bonds is 2. The van der Waals surface area contributed by atoms with Crippen LogP contribution >= 0.6 is 22.6 Å². The SMILES string of the molecule is N=C/N=C(N)\C=C/I. The van der Waals surface area contributed by atoms with Crippen LogP contribution in [0.4, 0.5) is 0 Å². The van der Waals surface area contributed by atoms with Gasteiger partial charge in [0, 0.05) is 0 Å². The van der Waals surface area contributed by atoms with Gasteiger partial charge >= 0.3 is 0 Å². The van der Waals surface area contributed by atoms with Gasteiger partial charge in [0.25, 0.3) is 0 Å². The van der Waals surface area contributed by atoms with Gasteiger partial charge in [-0.3, -0.25) is 5.41 Å². The van der Waals surface area contributed by atoms with Crippen molar-refractivity contribution in [2.45, 2.75) is 0 Å². The van der Waals surface area contributed by atoms with Gasteiger partial charge in [0.1, 0.15) is 12.2 Å². The van der Waals surface area contributed by atoms with Crippen molar-refractivity contribution in [3.63, 3.8) is 0 Å². The highest BCUT2D eigenvalue weighted by Crippen LogP contribution is 1.81. The molecule has 0 saturated heterocycles. The molecule has 0 unspecified atom stereocenters. The molecular weight excluding hydrogens is 217 g/mol. The van der Waals surface area contributed by atoms with E-state index in [0.717, 1.165) is 6.34 Å². The summed E-state index contributed by atoms with van der Waals surface area (Å²) in [5.41, 5.74) is 5.20. The third kappa shape index (κ3) is 3.79. The van der Waals surface area contributed by atoms with Crippen LogP contribution in [0.2, 0.25) is 0 Å². The van der Waals surface area contributed by atoms with Crippen LogP contribution < -0.4 is 5.73 Å². The van der Waals surface area contributed by atoms with Gasteiger partial charge in [-0.05, 0) is 10.2 Å². The Bertz CT molecular complexity index is 127. The summed E-state index contributed by atoms with van der Waals surface area (Å²) < 4.78 is 1.74. The fourth-order valence-corrected chi connectivity index (χ4v) is 0.551. The molecule has 0 saturated carbocycles. The molecule has 0 aromatic heterocycles. The topological polar surface area (TPSA) is 62.2 Å². The first-order valence-electron chi connectivity index (χ1n) is 1.90. The Labute approximate surface area is 61.3 Å². The lowest BCUT2D eigenvalue weighted by Crippen LogP contribution is -2.06. The Kier molecular flexibility index (Phi) is 4.53. The normalized spacial score (nSPS) is 12.4. The maximum absolute atomic E-state index is 6.48. The van der Waals surface area contributed by atoms with Crippen molar-refractivity contribution < 1.29 is 0 Å². The van der Waals surface area contributed by atoms with Crippen LogP contribution in [-0.4, -0.2) is 12.2 Å². The molecule has 0 aliphatic carbocycles. The Morgan fingerprint density at radius 1 is 1.75 bits per heavy atom. The maximum atomic E-state index is 6.48. The predicted molar refractivity (Wildman–Crippen MR) is 43.6 cm³/mol. The van der Waals surface area contributed by atoms with Crippen molar-refractivity contribution in [2.24, 2.45) is 10.7 Å². The van der Waals surface area contributed by atoms with E-state index in [-0.39, 0.29) is 0 Å². The fraction of sp³-hybridized carbons (Fsp3) is 0. The van der Waals surface area contributed by atoms with Crippen LogP contribution in [0.5, 0.6) is 0 Å². The quantitative estimate of drug-likeness (QED) is 0.407. The molecule has 0 atom stereocenters. The fourth-order valence-electron chi connectivity index (χ4n) is 0.182. The highest BCUT2D eigenvalue weighted by molar-refractivity contribution is 14.1. The molecule has 3 nitrogen and oxygen atoms in total. The molecule has 0 aliphatic heterocycles. The van der Waals surface area contributed by atoms with Gasteiger partial charge in [-0.15, -0.1) is 0 Å². The number of nitrogens with zero attached hydrogens (tertiary/aromatic N) is 1. The van der Waals surface area contributed by atoms with Crippen LogP contribution in [0.25, 0.3) is 0 Å². The van der Waals surface area contributed by atoms with Crippen molar-refractivity contribution in [1.82, 2.24) is 0 Å². The smallest absolute Gasteiger partial charge is 0.125 e. The monoisotopic (exact) mass is 223 g/mol. The molecule has 3 N–H and O–H groups in total. The molecule has 0 bridgehead atoms. The number of halogens is 1. The third-order valence-corrected chi connectivity index (χ3v) is 0.807. The number of hydrogen-bond donors (Lipinski definition) is 2. The maximum Gasteiger partial charge on any atom is 0.125 e. The second kappa shape index (κ2) is 4.76. The number of amidine groups is 1. The molecule has 0 fully saturated rings. The van der Waals surface area contributed by atoms with E-state index >= 15 is 0 Å². The van der Waals surface area contributed by atoms with Crippen molar-refractivity contribution in [3.8, 4) is 0 Å². The van der Waals surface area contributed by atoms with Gasteiger partial charge in [0.2, 0.25) is 0 Å². The highest BCUT2D eigenvalue weighted by atomic mass is 127. The molecule has 0 aromatic carbocycles. The number of hydrogen-bond acceptors (Lipinski definition) is 1. The van der Waals surface area contributed by atoms with E-state index in [1.54, 1.807) is 10.2 Å². The second-order valence-electron chi connectivity index (χ2n) is 0.976. The lowest BCUT2D eigenvalue weighted by Gasteiger charge is -1.81. The minimum atomic E-state index is 0.356. The molecule has 4 heteroatoms. The van der Waals surface area contributed by atoms with E-state index in [0.29, 0.717) is 5.84 Å². The molecule has 8 heavy (non-hydrogen) atoms. The molecule has 44 valence electrons. The molecular formula is C4H6IN3. The third-order valence-electron chi connectivity index (χ3n) is 0.447. The predicted octanol–water partition coefficient (Wildman–Crippen LogP) is 0.899. The standard InChI is InChI=1S/C4H6IN3/c5-2-1-4(7)8-3-6/h1-3H,(H3,6,7,8)/b2-1-. The average Bonchev–Trinajstić information content (AvgIpc) is 1.68. The zero-order valence-corrected chi connectivity index (χ0v) is 6.29. The second-order valence-corrected chi connectivity index (χ2v) is 1.69. The van der Waals surface area contributed by atoms with Crippen LogP contribution in [0, 0.1) is 5.41 Å². The van der Waals surface area contributed by atoms with Crippen LogP contribution in [-0.2, 0) is 0 Å². The highest BCUT2D eigenvalue weighted by Gasteiger charge is 1.75. The molecule has 0 heterocycles. The summed E-state index contributed by atoms with van der Waals surface area (Å²) in [6.07, 6.45) is 2.53. The van der Waals surface area contributed by atoms with E-state index in [4.69, 9.17) is 11.1 Å². The minimum Gasteiger partial charge on any atom is -0.384 e. The summed E-state index contributed by atoms with van der Waals surface area (Å²) in [7, 11) is 0. The Hall–Kier alpha value is -0.390. The number of nitrogens with two attached hydrogens (primary N) is 1. The molecule has 0 rings (SSSR count). The first-order valence-corrected chi connectivity index (χ1v) is 3.15. The molecule has 0 radical (unpaired) electrons.